The second kappa shape index (κ2) is 9.51. The van der Waals surface area contributed by atoms with Gasteiger partial charge in [0.2, 0.25) is 10.0 Å². The summed E-state index contributed by atoms with van der Waals surface area (Å²) in [5.41, 5.74) is 1.19. The van der Waals surface area contributed by atoms with Gasteiger partial charge >= 0.3 is 0 Å². The maximum absolute atomic E-state index is 13.1. The van der Waals surface area contributed by atoms with Crippen LogP contribution in [0.25, 0.3) is 0 Å². The Labute approximate surface area is 180 Å². The molecule has 0 aliphatic heterocycles. The van der Waals surface area contributed by atoms with Crippen LogP contribution in [0.5, 0.6) is 0 Å². The van der Waals surface area contributed by atoms with Gasteiger partial charge < -0.3 is 4.90 Å². The van der Waals surface area contributed by atoms with Crippen molar-refractivity contribution in [2.75, 3.05) is 13.6 Å². The Balaban J connectivity index is 1.64. The Morgan fingerprint density at radius 1 is 1.10 bits per heavy atom. The highest BCUT2D eigenvalue weighted by molar-refractivity contribution is 7.89. The van der Waals surface area contributed by atoms with E-state index in [1.54, 1.807) is 30.5 Å². The molecule has 0 spiro atoms. The molecule has 1 amide bonds. The lowest BCUT2D eigenvalue weighted by Crippen LogP contribution is -2.30. The van der Waals surface area contributed by atoms with Gasteiger partial charge in [-0.2, -0.15) is 0 Å². The van der Waals surface area contributed by atoms with Crippen molar-refractivity contribution in [1.82, 2.24) is 9.62 Å². The molecule has 2 aromatic carbocycles. The van der Waals surface area contributed by atoms with Crippen LogP contribution in [-0.4, -0.2) is 32.8 Å². The monoisotopic (exact) mass is 446 g/mol. The fourth-order valence-corrected chi connectivity index (χ4v) is 4.71. The van der Waals surface area contributed by atoms with Crippen molar-refractivity contribution in [3.63, 3.8) is 0 Å². The Bertz CT molecular complexity index is 1080. The van der Waals surface area contributed by atoms with E-state index in [4.69, 9.17) is 0 Å². The van der Waals surface area contributed by atoms with E-state index in [1.165, 1.54) is 41.3 Å². The Kier molecular flexibility index (Phi) is 7.02. The minimum Gasteiger partial charge on any atom is -0.335 e. The molecule has 0 fully saturated rings. The van der Waals surface area contributed by atoms with Crippen molar-refractivity contribution in [3.8, 4) is 0 Å². The highest BCUT2D eigenvalue weighted by Gasteiger charge is 2.20. The van der Waals surface area contributed by atoms with E-state index >= 15 is 0 Å². The second-order valence-corrected chi connectivity index (χ2v) is 9.69. The zero-order valence-electron chi connectivity index (χ0n) is 16.7. The van der Waals surface area contributed by atoms with Gasteiger partial charge in [-0.05, 0) is 66.8 Å². The van der Waals surface area contributed by atoms with Gasteiger partial charge in [0.1, 0.15) is 5.82 Å². The van der Waals surface area contributed by atoms with Gasteiger partial charge in [-0.25, -0.2) is 17.5 Å². The third kappa shape index (κ3) is 5.33. The number of benzene rings is 2. The van der Waals surface area contributed by atoms with Crippen molar-refractivity contribution in [3.05, 3.63) is 87.9 Å². The van der Waals surface area contributed by atoms with Crippen LogP contribution >= 0.6 is 11.3 Å². The average molecular weight is 447 g/mol. The predicted molar refractivity (Wildman–Crippen MR) is 117 cm³/mol. The summed E-state index contributed by atoms with van der Waals surface area (Å²) >= 11 is 1.58. The van der Waals surface area contributed by atoms with Gasteiger partial charge in [0, 0.05) is 24.0 Å². The first-order valence-corrected chi connectivity index (χ1v) is 11.8. The molecule has 0 saturated heterocycles. The Hall–Kier alpha value is -2.55. The molecule has 158 valence electrons. The maximum atomic E-state index is 13.1. The molecule has 1 atom stereocenters. The van der Waals surface area contributed by atoms with E-state index in [0.717, 1.165) is 10.4 Å². The average Bonchev–Trinajstić information content (AvgIpc) is 3.26. The van der Waals surface area contributed by atoms with Crippen LogP contribution in [0.15, 0.2) is 70.9 Å². The summed E-state index contributed by atoms with van der Waals surface area (Å²) in [4.78, 5) is 15.5. The Morgan fingerprint density at radius 3 is 2.37 bits per heavy atom. The van der Waals surface area contributed by atoms with Crippen LogP contribution in [0.1, 0.15) is 33.8 Å². The normalized spacial score (nSPS) is 12.5. The number of amides is 1. The summed E-state index contributed by atoms with van der Waals surface area (Å²) in [6, 6.07) is 15.5. The quantitative estimate of drug-likeness (QED) is 0.563. The summed E-state index contributed by atoms with van der Waals surface area (Å²) in [6.07, 6.45) is 0.625. The SMILES string of the molecule is CC(c1ccc(F)cc1)N(C)C(=O)c1ccc(S(=O)(=O)NCCc2cccs2)cc1. The fraction of sp³-hybridized carbons (Fsp3) is 0.227. The predicted octanol–water partition coefficient (Wildman–Crippen LogP) is 4.24. The number of rotatable bonds is 8. The van der Waals surface area contributed by atoms with E-state index in [1.807, 2.05) is 24.4 Å². The molecule has 3 rings (SSSR count). The fourth-order valence-electron chi connectivity index (χ4n) is 2.97. The third-order valence-corrected chi connectivity index (χ3v) is 7.32. The van der Waals surface area contributed by atoms with Crippen LogP contribution < -0.4 is 4.72 Å². The molecule has 8 heteroatoms. The molecular formula is C22H23FN2O3S2. The summed E-state index contributed by atoms with van der Waals surface area (Å²) < 4.78 is 40.6. The van der Waals surface area contributed by atoms with Crippen molar-refractivity contribution in [1.29, 1.82) is 0 Å². The van der Waals surface area contributed by atoms with Crippen LogP contribution in [0, 0.1) is 5.82 Å². The summed E-state index contributed by atoms with van der Waals surface area (Å²) in [5.74, 6) is -0.581. The molecule has 1 heterocycles. The van der Waals surface area contributed by atoms with E-state index in [2.05, 4.69) is 4.72 Å². The maximum Gasteiger partial charge on any atom is 0.254 e. The molecule has 30 heavy (non-hydrogen) atoms. The van der Waals surface area contributed by atoms with Gasteiger partial charge in [-0.3, -0.25) is 4.79 Å². The van der Waals surface area contributed by atoms with Gasteiger partial charge in [0.15, 0.2) is 0 Å². The minimum absolute atomic E-state index is 0.111. The highest BCUT2D eigenvalue weighted by Crippen LogP contribution is 2.22. The van der Waals surface area contributed by atoms with Crippen molar-refractivity contribution in [2.45, 2.75) is 24.3 Å². The lowest BCUT2D eigenvalue weighted by molar-refractivity contribution is 0.0742. The Morgan fingerprint density at radius 2 is 1.77 bits per heavy atom. The lowest BCUT2D eigenvalue weighted by Gasteiger charge is -2.25. The van der Waals surface area contributed by atoms with Crippen molar-refractivity contribution < 1.29 is 17.6 Å². The summed E-state index contributed by atoms with van der Waals surface area (Å²) in [7, 11) is -1.99. The van der Waals surface area contributed by atoms with Crippen LogP contribution in [0.4, 0.5) is 4.39 Å². The van der Waals surface area contributed by atoms with Crippen molar-refractivity contribution >= 4 is 27.3 Å². The molecule has 1 unspecified atom stereocenters. The van der Waals surface area contributed by atoms with E-state index < -0.39 is 10.0 Å². The van der Waals surface area contributed by atoms with Crippen LogP contribution in [0.2, 0.25) is 0 Å². The number of halogens is 1. The molecule has 3 aromatic rings. The smallest absolute Gasteiger partial charge is 0.254 e. The summed E-state index contributed by atoms with van der Waals surface area (Å²) in [6.45, 7) is 2.16. The molecule has 0 aliphatic rings. The molecule has 0 radical (unpaired) electrons. The molecule has 1 aromatic heterocycles. The van der Waals surface area contributed by atoms with Gasteiger partial charge in [-0.15, -0.1) is 11.3 Å². The number of hydrogen-bond donors (Lipinski definition) is 1. The molecule has 0 saturated carbocycles. The largest absolute Gasteiger partial charge is 0.335 e. The van der Waals surface area contributed by atoms with Gasteiger partial charge in [0.05, 0.1) is 10.9 Å². The standard InChI is InChI=1S/C22H23FN2O3S2/c1-16(17-5-9-19(23)10-6-17)25(2)22(26)18-7-11-21(12-8-18)30(27,28)24-14-13-20-4-3-15-29-20/h3-12,15-16,24H,13-14H2,1-2H3. The third-order valence-electron chi connectivity index (χ3n) is 4.91. The van der Waals surface area contributed by atoms with E-state index in [0.29, 0.717) is 18.5 Å². The first-order valence-electron chi connectivity index (χ1n) is 9.42. The number of thiophene rings is 1. The van der Waals surface area contributed by atoms with Crippen molar-refractivity contribution in [2.24, 2.45) is 0 Å². The van der Waals surface area contributed by atoms with Gasteiger partial charge in [-0.1, -0.05) is 18.2 Å². The minimum atomic E-state index is -3.65. The molecule has 5 nitrogen and oxygen atoms in total. The molecule has 0 bridgehead atoms. The number of hydrogen-bond acceptors (Lipinski definition) is 4. The van der Waals surface area contributed by atoms with E-state index in [-0.39, 0.29) is 22.7 Å². The first-order chi connectivity index (χ1) is 14.3. The number of carbonyl (C=O) groups excluding carboxylic acids is 1. The highest BCUT2D eigenvalue weighted by atomic mass is 32.2. The summed E-state index contributed by atoms with van der Waals surface area (Å²) in [5, 5.41) is 1.95. The number of nitrogens with one attached hydrogen (secondary N) is 1. The van der Waals surface area contributed by atoms with Crippen LogP contribution in [0.3, 0.4) is 0 Å². The second-order valence-electron chi connectivity index (χ2n) is 6.90. The number of carbonyl (C=O) groups is 1. The molecule has 1 N–H and O–H groups in total. The topological polar surface area (TPSA) is 66.5 Å². The number of nitrogens with zero attached hydrogens (tertiary/aromatic N) is 1. The molecule has 0 aliphatic carbocycles. The van der Waals surface area contributed by atoms with Gasteiger partial charge in [0.25, 0.3) is 5.91 Å². The lowest BCUT2D eigenvalue weighted by atomic mass is 10.1. The van der Waals surface area contributed by atoms with E-state index in [9.17, 15) is 17.6 Å². The van der Waals surface area contributed by atoms with Crippen LogP contribution in [-0.2, 0) is 16.4 Å². The first kappa shape index (κ1) is 22.1. The zero-order valence-corrected chi connectivity index (χ0v) is 18.3. The zero-order chi connectivity index (χ0) is 21.7. The molecular weight excluding hydrogens is 423 g/mol. The number of sulfonamides is 1.